The average molecular weight is 325 g/mol. The quantitative estimate of drug-likeness (QED) is 0.608. The van der Waals surface area contributed by atoms with Crippen LogP contribution < -0.4 is 10.1 Å². The maximum atomic E-state index is 12.1. The standard InChI is InChI=1S/C21H27NO2/c1-2-3-4-8-16-24-20-13-9-12-19(17-20)22-21(23)15-14-18-10-6-5-7-11-18/h5-7,9-13,17H,2-4,8,14-16H2,1H3,(H,22,23). The van der Waals surface area contributed by atoms with Gasteiger partial charge in [0.05, 0.1) is 6.61 Å². The molecule has 0 radical (unpaired) electrons. The molecule has 0 bridgehead atoms. The first-order valence-electron chi connectivity index (χ1n) is 8.84. The molecule has 2 aromatic rings. The third-order valence-electron chi connectivity index (χ3n) is 3.87. The number of carbonyl (C=O) groups is 1. The van der Waals surface area contributed by atoms with Crippen molar-refractivity contribution in [3.63, 3.8) is 0 Å². The first-order valence-corrected chi connectivity index (χ1v) is 8.84. The normalized spacial score (nSPS) is 10.4. The Morgan fingerprint density at radius 2 is 1.83 bits per heavy atom. The van der Waals surface area contributed by atoms with Crippen LogP contribution in [0.25, 0.3) is 0 Å². The molecule has 0 aliphatic carbocycles. The molecule has 2 aromatic carbocycles. The zero-order chi connectivity index (χ0) is 17.0. The molecular formula is C21H27NO2. The lowest BCUT2D eigenvalue weighted by molar-refractivity contribution is -0.116. The molecule has 1 amide bonds. The van der Waals surface area contributed by atoms with E-state index in [2.05, 4.69) is 12.2 Å². The number of nitrogens with one attached hydrogen (secondary N) is 1. The highest BCUT2D eigenvalue weighted by Crippen LogP contribution is 2.18. The summed E-state index contributed by atoms with van der Waals surface area (Å²) in [4.78, 5) is 12.1. The van der Waals surface area contributed by atoms with E-state index in [0.29, 0.717) is 6.42 Å². The van der Waals surface area contributed by atoms with Crippen molar-refractivity contribution in [2.75, 3.05) is 11.9 Å². The number of hydrogen-bond donors (Lipinski definition) is 1. The number of amides is 1. The number of hydrogen-bond acceptors (Lipinski definition) is 2. The van der Waals surface area contributed by atoms with Crippen molar-refractivity contribution in [1.29, 1.82) is 0 Å². The van der Waals surface area contributed by atoms with E-state index < -0.39 is 0 Å². The van der Waals surface area contributed by atoms with Gasteiger partial charge in [-0.3, -0.25) is 4.79 Å². The van der Waals surface area contributed by atoms with Gasteiger partial charge in [0.25, 0.3) is 0 Å². The van der Waals surface area contributed by atoms with E-state index in [9.17, 15) is 4.79 Å². The monoisotopic (exact) mass is 325 g/mol. The summed E-state index contributed by atoms with van der Waals surface area (Å²) >= 11 is 0. The Hall–Kier alpha value is -2.29. The van der Waals surface area contributed by atoms with Gasteiger partial charge in [-0.1, -0.05) is 62.6 Å². The summed E-state index contributed by atoms with van der Waals surface area (Å²) in [6, 6.07) is 17.7. The Balaban J connectivity index is 1.75. The fraction of sp³-hybridized carbons (Fsp3) is 0.381. The molecule has 1 N–H and O–H groups in total. The van der Waals surface area contributed by atoms with Gasteiger partial charge in [0.1, 0.15) is 5.75 Å². The van der Waals surface area contributed by atoms with Gasteiger partial charge in [-0.25, -0.2) is 0 Å². The number of aryl methyl sites for hydroxylation is 1. The van der Waals surface area contributed by atoms with E-state index in [1.165, 1.54) is 24.8 Å². The minimum Gasteiger partial charge on any atom is -0.494 e. The molecule has 0 unspecified atom stereocenters. The largest absolute Gasteiger partial charge is 0.494 e. The molecule has 2 rings (SSSR count). The molecule has 0 fully saturated rings. The van der Waals surface area contributed by atoms with Crippen LogP contribution in [0.2, 0.25) is 0 Å². The second kappa shape index (κ2) is 10.5. The van der Waals surface area contributed by atoms with Gasteiger partial charge in [0.15, 0.2) is 0 Å². The van der Waals surface area contributed by atoms with Crippen molar-refractivity contribution < 1.29 is 9.53 Å². The fourth-order valence-electron chi connectivity index (χ4n) is 2.51. The topological polar surface area (TPSA) is 38.3 Å². The second-order valence-corrected chi connectivity index (χ2v) is 5.97. The first kappa shape index (κ1) is 18.1. The van der Waals surface area contributed by atoms with Gasteiger partial charge in [-0.2, -0.15) is 0 Å². The minimum absolute atomic E-state index is 0.0268. The fourth-order valence-corrected chi connectivity index (χ4v) is 2.51. The Morgan fingerprint density at radius 1 is 1.00 bits per heavy atom. The van der Waals surface area contributed by atoms with Gasteiger partial charge in [-0.05, 0) is 30.5 Å². The zero-order valence-electron chi connectivity index (χ0n) is 14.5. The van der Waals surface area contributed by atoms with E-state index in [-0.39, 0.29) is 5.91 Å². The van der Waals surface area contributed by atoms with Crippen molar-refractivity contribution >= 4 is 11.6 Å². The highest BCUT2D eigenvalue weighted by molar-refractivity contribution is 5.91. The Kier molecular flexibility index (Phi) is 7.88. The summed E-state index contributed by atoms with van der Waals surface area (Å²) in [7, 11) is 0. The molecule has 0 aliphatic heterocycles. The van der Waals surface area contributed by atoms with Crippen molar-refractivity contribution in [2.45, 2.75) is 45.4 Å². The number of unbranched alkanes of at least 4 members (excludes halogenated alkanes) is 3. The third kappa shape index (κ3) is 6.86. The molecule has 0 spiro atoms. The van der Waals surface area contributed by atoms with Crippen LogP contribution in [0.3, 0.4) is 0 Å². The number of anilines is 1. The molecule has 0 saturated heterocycles. The molecule has 3 nitrogen and oxygen atoms in total. The van der Waals surface area contributed by atoms with Crippen molar-refractivity contribution in [2.24, 2.45) is 0 Å². The molecule has 0 atom stereocenters. The molecular weight excluding hydrogens is 298 g/mol. The summed E-state index contributed by atoms with van der Waals surface area (Å²) in [6.07, 6.45) is 5.98. The van der Waals surface area contributed by atoms with Crippen LogP contribution in [0.5, 0.6) is 5.75 Å². The highest BCUT2D eigenvalue weighted by atomic mass is 16.5. The van der Waals surface area contributed by atoms with E-state index >= 15 is 0 Å². The van der Waals surface area contributed by atoms with Crippen molar-refractivity contribution in [3.8, 4) is 5.75 Å². The molecule has 0 saturated carbocycles. The summed E-state index contributed by atoms with van der Waals surface area (Å²) in [6.45, 7) is 2.93. The summed E-state index contributed by atoms with van der Waals surface area (Å²) < 4.78 is 5.75. The second-order valence-electron chi connectivity index (χ2n) is 5.97. The van der Waals surface area contributed by atoms with Crippen LogP contribution in [-0.4, -0.2) is 12.5 Å². The summed E-state index contributed by atoms with van der Waals surface area (Å²) in [5, 5.41) is 2.94. The lowest BCUT2D eigenvalue weighted by atomic mass is 10.1. The molecule has 0 aromatic heterocycles. The SMILES string of the molecule is CCCCCCOc1cccc(NC(=O)CCc2ccccc2)c1. The van der Waals surface area contributed by atoms with Crippen LogP contribution in [0.4, 0.5) is 5.69 Å². The van der Waals surface area contributed by atoms with Gasteiger partial charge < -0.3 is 10.1 Å². The van der Waals surface area contributed by atoms with E-state index in [1.807, 2.05) is 54.6 Å². The van der Waals surface area contributed by atoms with Gasteiger partial charge in [-0.15, -0.1) is 0 Å². The maximum absolute atomic E-state index is 12.1. The van der Waals surface area contributed by atoms with Gasteiger partial charge in [0.2, 0.25) is 5.91 Å². The van der Waals surface area contributed by atoms with Crippen LogP contribution >= 0.6 is 0 Å². The van der Waals surface area contributed by atoms with Crippen molar-refractivity contribution in [3.05, 3.63) is 60.2 Å². The molecule has 24 heavy (non-hydrogen) atoms. The Bertz CT molecular complexity index is 610. The van der Waals surface area contributed by atoms with Gasteiger partial charge in [0, 0.05) is 18.2 Å². The Morgan fingerprint density at radius 3 is 2.62 bits per heavy atom. The van der Waals surface area contributed by atoms with E-state index in [4.69, 9.17) is 4.74 Å². The molecule has 128 valence electrons. The average Bonchev–Trinajstić information content (AvgIpc) is 2.61. The first-order chi connectivity index (χ1) is 11.8. The van der Waals surface area contributed by atoms with Crippen LogP contribution in [0, 0.1) is 0 Å². The molecule has 0 aliphatic rings. The summed E-state index contributed by atoms with van der Waals surface area (Å²) in [5.74, 6) is 0.839. The predicted octanol–water partition coefficient (Wildman–Crippen LogP) is 5.22. The lowest BCUT2D eigenvalue weighted by Crippen LogP contribution is -2.12. The van der Waals surface area contributed by atoms with Crippen LogP contribution in [0.15, 0.2) is 54.6 Å². The van der Waals surface area contributed by atoms with Crippen LogP contribution in [-0.2, 0) is 11.2 Å². The number of benzene rings is 2. The molecule has 0 heterocycles. The zero-order valence-corrected chi connectivity index (χ0v) is 14.5. The van der Waals surface area contributed by atoms with E-state index in [1.54, 1.807) is 0 Å². The molecule has 3 heteroatoms. The lowest BCUT2D eigenvalue weighted by Gasteiger charge is -2.09. The Labute approximate surface area is 145 Å². The number of carbonyl (C=O) groups excluding carboxylic acids is 1. The highest BCUT2D eigenvalue weighted by Gasteiger charge is 2.04. The van der Waals surface area contributed by atoms with E-state index in [0.717, 1.165) is 30.9 Å². The maximum Gasteiger partial charge on any atom is 0.224 e. The smallest absolute Gasteiger partial charge is 0.224 e. The predicted molar refractivity (Wildman–Crippen MR) is 99.5 cm³/mol. The van der Waals surface area contributed by atoms with Crippen LogP contribution in [0.1, 0.15) is 44.6 Å². The summed E-state index contributed by atoms with van der Waals surface area (Å²) in [5.41, 5.74) is 1.97. The van der Waals surface area contributed by atoms with Crippen molar-refractivity contribution in [1.82, 2.24) is 0 Å². The minimum atomic E-state index is 0.0268. The third-order valence-corrected chi connectivity index (χ3v) is 3.87. The number of ether oxygens (including phenoxy) is 1. The number of rotatable bonds is 10. The van der Waals surface area contributed by atoms with Gasteiger partial charge >= 0.3 is 0 Å².